The van der Waals surface area contributed by atoms with Gasteiger partial charge in [0.05, 0.1) is 60.6 Å². The fourth-order valence-corrected chi connectivity index (χ4v) is 10.2. The van der Waals surface area contributed by atoms with Crippen molar-refractivity contribution >= 4 is 39.8 Å². The summed E-state index contributed by atoms with van der Waals surface area (Å²) in [5, 5.41) is 12.8. The maximum absolute atomic E-state index is 13.6. The van der Waals surface area contributed by atoms with Crippen LogP contribution in [0.2, 0.25) is 5.02 Å². The monoisotopic (exact) mass is 765 g/mol. The van der Waals surface area contributed by atoms with Crippen LogP contribution in [0.3, 0.4) is 0 Å². The zero-order chi connectivity index (χ0) is 37.4. The summed E-state index contributed by atoms with van der Waals surface area (Å²) in [6.07, 6.45) is 9.43. The fourth-order valence-electron chi connectivity index (χ4n) is 9.88. The van der Waals surface area contributed by atoms with Gasteiger partial charge in [-0.1, -0.05) is 41.9 Å². The minimum Gasteiger partial charge on any atom is -0.461 e. The van der Waals surface area contributed by atoms with E-state index in [2.05, 4.69) is 54.8 Å². The Morgan fingerprint density at radius 2 is 1.78 bits per heavy atom. The Bertz CT molecular complexity index is 1940. The fraction of sp³-hybridized carbons (Fsp3) is 0.571. The number of anilines is 2. The van der Waals surface area contributed by atoms with Crippen molar-refractivity contribution in [3.05, 3.63) is 64.8 Å². The normalized spacial score (nSPS) is 23.6. The zero-order valence-electron chi connectivity index (χ0n) is 31.8. The number of amides is 1. The van der Waals surface area contributed by atoms with Crippen LogP contribution < -0.4 is 14.5 Å². The molecule has 13 heteroatoms. The molecule has 0 saturated carbocycles. The Balaban J connectivity index is 0.934. The van der Waals surface area contributed by atoms with E-state index in [9.17, 15) is 10.1 Å². The molecule has 5 saturated heterocycles. The van der Waals surface area contributed by atoms with E-state index in [-0.39, 0.29) is 23.9 Å². The van der Waals surface area contributed by atoms with E-state index < -0.39 is 0 Å². The molecule has 1 atom stereocenters. The first kappa shape index (κ1) is 36.6. The van der Waals surface area contributed by atoms with Crippen molar-refractivity contribution in [3.63, 3.8) is 0 Å². The van der Waals surface area contributed by atoms with E-state index in [1.165, 1.54) is 12.8 Å². The van der Waals surface area contributed by atoms with E-state index in [1.54, 1.807) is 6.08 Å². The van der Waals surface area contributed by atoms with Gasteiger partial charge in [0, 0.05) is 81.6 Å². The lowest BCUT2D eigenvalue weighted by Crippen LogP contribution is -2.56. The summed E-state index contributed by atoms with van der Waals surface area (Å²) in [5.41, 5.74) is 3.25. The number of piperazine rings is 2. The van der Waals surface area contributed by atoms with Gasteiger partial charge in [-0.25, -0.2) is 0 Å². The first-order valence-corrected chi connectivity index (χ1v) is 20.7. The number of rotatable bonds is 10. The van der Waals surface area contributed by atoms with Gasteiger partial charge in [-0.2, -0.15) is 15.2 Å². The van der Waals surface area contributed by atoms with Gasteiger partial charge in [0.25, 0.3) is 0 Å². The van der Waals surface area contributed by atoms with Crippen LogP contribution in [0.15, 0.2) is 48.6 Å². The van der Waals surface area contributed by atoms with Gasteiger partial charge in [0.1, 0.15) is 12.4 Å². The van der Waals surface area contributed by atoms with Gasteiger partial charge in [0.2, 0.25) is 5.91 Å². The predicted molar refractivity (Wildman–Crippen MR) is 214 cm³/mol. The van der Waals surface area contributed by atoms with Gasteiger partial charge >= 0.3 is 6.01 Å². The minimum absolute atomic E-state index is 0.0276. The third kappa shape index (κ3) is 7.38. The van der Waals surface area contributed by atoms with Crippen molar-refractivity contribution in [1.29, 1.82) is 5.26 Å². The number of nitrogens with zero attached hydrogens (tertiary/aromatic N) is 9. The summed E-state index contributed by atoms with van der Waals surface area (Å²) >= 11 is 6.79. The molecule has 290 valence electrons. The first-order valence-electron chi connectivity index (χ1n) is 20.3. The van der Waals surface area contributed by atoms with Crippen molar-refractivity contribution in [1.82, 2.24) is 29.6 Å². The van der Waals surface area contributed by atoms with E-state index in [1.807, 2.05) is 23.1 Å². The van der Waals surface area contributed by atoms with Crippen LogP contribution in [-0.4, -0.2) is 145 Å². The number of hydrogen-bond donors (Lipinski definition) is 0. The van der Waals surface area contributed by atoms with Crippen molar-refractivity contribution in [2.45, 2.75) is 62.7 Å². The van der Waals surface area contributed by atoms with Crippen LogP contribution in [0, 0.1) is 11.3 Å². The van der Waals surface area contributed by atoms with Crippen LogP contribution in [0.1, 0.15) is 43.4 Å². The average molecular weight is 766 g/mol. The van der Waals surface area contributed by atoms with Crippen LogP contribution in [0.4, 0.5) is 11.5 Å². The molecule has 0 bridgehead atoms. The molecule has 1 amide bonds. The van der Waals surface area contributed by atoms with Crippen molar-refractivity contribution in [2.24, 2.45) is 0 Å². The van der Waals surface area contributed by atoms with E-state index in [0.29, 0.717) is 44.8 Å². The number of nitriles is 1. The van der Waals surface area contributed by atoms with Crippen LogP contribution in [-0.2, 0) is 22.5 Å². The Hall–Kier alpha value is -3.99. The molecule has 1 aromatic heterocycles. The summed E-state index contributed by atoms with van der Waals surface area (Å²) in [7, 11) is 0. The lowest BCUT2D eigenvalue weighted by atomic mass is 9.95. The average Bonchev–Trinajstić information content (AvgIpc) is 3.77. The lowest BCUT2D eigenvalue weighted by Gasteiger charge is -2.42. The Labute approximate surface area is 329 Å². The molecule has 2 aromatic carbocycles. The Kier molecular flexibility index (Phi) is 10.6. The molecular weight excluding hydrogens is 714 g/mol. The minimum atomic E-state index is -0.249. The SMILES string of the molecule is N#CC[C@H]1CN(c2nc(OCC34CCCN3CCC4)nc3c2CCN(c2cccc4cccc(Cl)c24)C3)CCN1C(=O)/C=C/CN1CCN(C2COC2)CC1. The zero-order valence-corrected chi connectivity index (χ0v) is 32.5. The number of ether oxygens (including phenoxy) is 2. The quantitative estimate of drug-likeness (QED) is 0.275. The van der Waals surface area contributed by atoms with Gasteiger partial charge in [-0.05, 0) is 62.7 Å². The molecule has 6 aliphatic rings. The number of hydrogen-bond acceptors (Lipinski definition) is 11. The molecule has 9 rings (SSSR count). The summed E-state index contributed by atoms with van der Waals surface area (Å²) < 4.78 is 12.0. The molecule has 6 aliphatic heterocycles. The maximum atomic E-state index is 13.6. The van der Waals surface area contributed by atoms with Crippen molar-refractivity contribution < 1.29 is 14.3 Å². The standard InChI is InChI=1S/C42H52ClN9O3/c43-35-8-1-6-31-7-2-9-37(39(31)35)49-19-12-34-36(27-49)45-41(55-30-42-13-4-17-51(42)18-5-14-42)46-40(34)50-24-25-52(32(26-50)11-15-44)38(53)10-3-16-47-20-22-48(23-21-47)33-28-54-29-33/h1-3,6-10,32-33H,4-5,11-14,16-30H2/b10-3+/t32-/m0/s1. The summed E-state index contributed by atoms with van der Waals surface area (Å²) in [6.45, 7) is 12.4. The molecular formula is C42H52ClN9O3. The first-order chi connectivity index (χ1) is 27.0. The van der Waals surface area contributed by atoms with Crippen LogP contribution in [0.25, 0.3) is 10.8 Å². The van der Waals surface area contributed by atoms with Gasteiger partial charge in [-0.3, -0.25) is 19.5 Å². The highest BCUT2D eigenvalue weighted by molar-refractivity contribution is 6.36. The van der Waals surface area contributed by atoms with Crippen molar-refractivity contribution in [3.8, 4) is 12.1 Å². The number of carbonyl (C=O) groups is 1. The molecule has 3 aromatic rings. The Morgan fingerprint density at radius 1 is 0.982 bits per heavy atom. The number of aromatic nitrogens is 2. The largest absolute Gasteiger partial charge is 0.461 e. The lowest BCUT2D eigenvalue weighted by molar-refractivity contribution is -0.128. The molecule has 0 N–H and O–H groups in total. The van der Waals surface area contributed by atoms with Crippen LogP contribution >= 0.6 is 11.6 Å². The third-order valence-electron chi connectivity index (χ3n) is 13.0. The van der Waals surface area contributed by atoms with Crippen molar-refractivity contribution in [2.75, 3.05) is 102 Å². The molecule has 0 radical (unpaired) electrons. The second kappa shape index (κ2) is 15.9. The molecule has 5 fully saturated rings. The summed E-state index contributed by atoms with van der Waals surface area (Å²) in [6, 6.07) is 15.5. The van der Waals surface area contributed by atoms with Gasteiger partial charge < -0.3 is 24.2 Å². The van der Waals surface area contributed by atoms with Crippen LogP contribution in [0.5, 0.6) is 6.01 Å². The highest BCUT2D eigenvalue weighted by Crippen LogP contribution is 2.40. The van der Waals surface area contributed by atoms with E-state index in [0.717, 1.165) is 123 Å². The molecule has 55 heavy (non-hydrogen) atoms. The number of benzene rings is 2. The molecule has 12 nitrogen and oxygen atoms in total. The summed E-state index contributed by atoms with van der Waals surface area (Å²) in [4.78, 5) is 37.9. The summed E-state index contributed by atoms with van der Waals surface area (Å²) in [5.74, 6) is 0.848. The van der Waals surface area contributed by atoms with Gasteiger partial charge in [-0.15, -0.1) is 0 Å². The topological polar surface area (TPSA) is 105 Å². The second-order valence-electron chi connectivity index (χ2n) is 16.2. The number of fused-ring (bicyclic) bond motifs is 3. The Morgan fingerprint density at radius 3 is 2.55 bits per heavy atom. The molecule has 7 heterocycles. The molecule has 0 aliphatic carbocycles. The van der Waals surface area contributed by atoms with E-state index in [4.69, 9.17) is 31.0 Å². The predicted octanol–water partition coefficient (Wildman–Crippen LogP) is 4.36. The van der Waals surface area contributed by atoms with Gasteiger partial charge in [0.15, 0.2) is 0 Å². The molecule has 0 unspecified atom stereocenters. The number of carbonyl (C=O) groups excluding carboxylic acids is 1. The highest BCUT2D eigenvalue weighted by Gasteiger charge is 2.45. The third-order valence-corrected chi connectivity index (χ3v) is 13.4. The molecule has 0 spiro atoms. The maximum Gasteiger partial charge on any atom is 0.318 e. The highest BCUT2D eigenvalue weighted by atomic mass is 35.5. The van der Waals surface area contributed by atoms with E-state index >= 15 is 0 Å². The second-order valence-corrected chi connectivity index (χ2v) is 16.6. The number of halogens is 1. The smallest absolute Gasteiger partial charge is 0.318 e.